The van der Waals surface area contributed by atoms with Gasteiger partial charge in [0.2, 0.25) is 11.8 Å². The molecule has 0 bridgehead atoms. The molecular formula is C22H26N6O6S2. The molecular weight excluding hydrogens is 508 g/mol. The van der Waals surface area contributed by atoms with Gasteiger partial charge in [-0.15, -0.1) is 0 Å². The van der Waals surface area contributed by atoms with E-state index in [0.29, 0.717) is 23.4 Å². The predicted molar refractivity (Wildman–Crippen MR) is 134 cm³/mol. The number of ether oxygens (including phenoxy) is 1. The topological polar surface area (TPSA) is 147 Å². The Labute approximate surface area is 209 Å². The van der Waals surface area contributed by atoms with E-state index < -0.39 is 20.1 Å². The van der Waals surface area contributed by atoms with Crippen LogP contribution in [0.1, 0.15) is 18.2 Å². The molecule has 0 unspecified atom stereocenters. The molecule has 0 spiro atoms. The van der Waals surface area contributed by atoms with Gasteiger partial charge in [-0.2, -0.15) is 23.5 Å². The average molecular weight is 535 g/mol. The molecule has 12 nitrogen and oxygen atoms in total. The highest BCUT2D eigenvalue weighted by Gasteiger charge is 2.23. The molecule has 0 radical (unpaired) electrons. The summed E-state index contributed by atoms with van der Waals surface area (Å²) < 4.78 is 62.2. The summed E-state index contributed by atoms with van der Waals surface area (Å²) in [5.41, 5.74) is 2.33. The van der Waals surface area contributed by atoms with Crippen molar-refractivity contribution < 1.29 is 25.8 Å². The highest BCUT2D eigenvalue weighted by atomic mass is 32.2. The Bertz CT molecular complexity index is 1610. The Morgan fingerprint density at radius 3 is 2.42 bits per heavy atom. The van der Waals surface area contributed by atoms with Gasteiger partial charge in [-0.3, -0.25) is 8.86 Å². The maximum absolute atomic E-state index is 13.4. The van der Waals surface area contributed by atoms with Crippen molar-refractivity contribution in [1.82, 2.24) is 23.7 Å². The van der Waals surface area contributed by atoms with E-state index in [2.05, 4.69) is 20.4 Å². The summed E-state index contributed by atoms with van der Waals surface area (Å²) in [5, 5.41) is 7.74. The monoisotopic (exact) mass is 534 g/mol. The molecule has 0 fully saturated rings. The van der Waals surface area contributed by atoms with Gasteiger partial charge in [0.1, 0.15) is 0 Å². The SMILES string of the molecule is CCOc1nc(Nc2cnn(CCOS(C)(=O)=O)c2C)nc2c1ccn2S(=O)(=O)c1ccc(C)cc1. The van der Waals surface area contributed by atoms with E-state index in [9.17, 15) is 16.8 Å². The molecule has 0 aliphatic rings. The second-order valence-electron chi connectivity index (χ2n) is 7.97. The van der Waals surface area contributed by atoms with Gasteiger partial charge >= 0.3 is 0 Å². The van der Waals surface area contributed by atoms with Crippen molar-refractivity contribution in [3.05, 3.63) is 54.0 Å². The van der Waals surface area contributed by atoms with E-state index in [-0.39, 0.29) is 35.5 Å². The van der Waals surface area contributed by atoms with E-state index in [1.54, 1.807) is 48.9 Å². The number of nitrogens with zero attached hydrogens (tertiary/aromatic N) is 5. The van der Waals surface area contributed by atoms with Crippen molar-refractivity contribution >= 4 is 42.8 Å². The molecule has 0 amide bonds. The molecule has 4 aromatic rings. The van der Waals surface area contributed by atoms with Crippen LogP contribution in [-0.4, -0.2) is 60.0 Å². The van der Waals surface area contributed by atoms with E-state index >= 15 is 0 Å². The first kappa shape index (κ1) is 25.6. The molecule has 192 valence electrons. The number of aryl methyl sites for hydroxylation is 1. The fraction of sp³-hybridized carbons (Fsp3) is 0.318. The molecule has 1 N–H and O–H groups in total. The lowest BCUT2D eigenvalue weighted by molar-refractivity contribution is 0.296. The first-order valence-electron chi connectivity index (χ1n) is 11.0. The molecule has 3 aromatic heterocycles. The van der Waals surface area contributed by atoms with Gasteiger partial charge in [-0.05, 0) is 39.0 Å². The van der Waals surface area contributed by atoms with Crippen LogP contribution >= 0.6 is 0 Å². The molecule has 1 aromatic carbocycles. The van der Waals surface area contributed by atoms with Crippen LogP contribution in [0.4, 0.5) is 11.6 Å². The minimum atomic E-state index is -3.92. The number of hydrogen-bond acceptors (Lipinski definition) is 10. The molecule has 4 rings (SSSR count). The largest absolute Gasteiger partial charge is 0.477 e. The van der Waals surface area contributed by atoms with Crippen molar-refractivity contribution in [1.29, 1.82) is 0 Å². The molecule has 0 saturated carbocycles. The van der Waals surface area contributed by atoms with Crippen LogP contribution in [-0.2, 0) is 30.9 Å². The minimum absolute atomic E-state index is 0.0673. The lowest BCUT2D eigenvalue weighted by Crippen LogP contribution is -2.13. The number of rotatable bonds is 10. The highest BCUT2D eigenvalue weighted by Crippen LogP contribution is 2.29. The number of anilines is 2. The number of nitrogens with one attached hydrogen (secondary N) is 1. The van der Waals surface area contributed by atoms with Crippen molar-refractivity contribution in [3.63, 3.8) is 0 Å². The fourth-order valence-corrected chi connectivity index (χ4v) is 5.15. The van der Waals surface area contributed by atoms with Gasteiger partial charge in [0.25, 0.3) is 20.1 Å². The summed E-state index contributed by atoms with van der Waals surface area (Å²) in [6, 6.07) is 8.15. The molecule has 0 aliphatic heterocycles. The first-order valence-corrected chi connectivity index (χ1v) is 14.2. The summed E-state index contributed by atoms with van der Waals surface area (Å²) in [4.78, 5) is 9.01. The molecule has 3 heterocycles. The Morgan fingerprint density at radius 1 is 1.03 bits per heavy atom. The fourth-order valence-electron chi connectivity index (χ4n) is 3.47. The number of benzene rings is 1. The predicted octanol–water partition coefficient (Wildman–Crippen LogP) is 2.60. The van der Waals surface area contributed by atoms with Gasteiger partial charge < -0.3 is 10.1 Å². The third-order valence-corrected chi connectivity index (χ3v) is 7.56. The van der Waals surface area contributed by atoms with Gasteiger partial charge in [0.15, 0.2) is 5.65 Å². The Hall–Kier alpha value is -3.49. The number of hydrogen-bond donors (Lipinski definition) is 1. The molecule has 0 saturated heterocycles. The smallest absolute Gasteiger partial charge is 0.269 e. The lowest BCUT2D eigenvalue weighted by atomic mass is 10.2. The summed E-state index contributed by atoms with van der Waals surface area (Å²) >= 11 is 0. The van der Waals surface area contributed by atoms with Crippen molar-refractivity contribution in [2.45, 2.75) is 32.2 Å². The van der Waals surface area contributed by atoms with Crippen LogP contribution in [0.2, 0.25) is 0 Å². The van der Waals surface area contributed by atoms with Gasteiger partial charge in [0.05, 0.1) is 53.9 Å². The summed E-state index contributed by atoms with van der Waals surface area (Å²) in [7, 11) is -7.48. The third kappa shape index (κ3) is 5.34. The Balaban J connectivity index is 1.70. The van der Waals surface area contributed by atoms with E-state index in [1.807, 2.05) is 6.92 Å². The van der Waals surface area contributed by atoms with E-state index in [1.165, 1.54) is 12.4 Å². The summed E-state index contributed by atoms with van der Waals surface area (Å²) in [5.74, 6) is 0.342. The second-order valence-corrected chi connectivity index (χ2v) is 11.4. The zero-order valence-corrected chi connectivity index (χ0v) is 21.8. The first-order chi connectivity index (χ1) is 17.0. The quantitative estimate of drug-likeness (QED) is 0.301. The van der Waals surface area contributed by atoms with Gasteiger partial charge in [0, 0.05) is 6.20 Å². The van der Waals surface area contributed by atoms with E-state index in [4.69, 9.17) is 8.92 Å². The molecule has 0 aliphatic carbocycles. The normalized spacial score (nSPS) is 12.2. The Kier molecular flexibility index (Phi) is 7.02. The maximum atomic E-state index is 13.4. The molecule has 14 heteroatoms. The zero-order chi connectivity index (χ0) is 26.1. The molecule has 36 heavy (non-hydrogen) atoms. The Morgan fingerprint density at radius 2 is 1.75 bits per heavy atom. The number of fused-ring (bicyclic) bond motifs is 1. The van der Waals surface area contributed by atoms with Gasteiger partial charge in [-0.1, -0.05) is 17.7 Å². The second kappa shape index (κ2) is 9.87. The van der Waals surface area contributed by atoms with Crippen LogP contribution in [0.3, 0.4) is 0 Å². The summed E-state index contributed by atoms with van der Waals surface area (Å²) in [6.45, 7) is 5.92. The van der Waals surface area contributed by atoms with Gasteiger partial charge in [-0.25, -0.2) is 12.4 Å². The van der Waals surface area contributed by atoms with Crippen molar-refractivity contribution in [2.24, 2.45) is 0 Å². The van der Waals surface area contributed by atoms with Crippen LogP contribution in [0.5, 0.6) is 5.88 Å². The minimum Gasteiger partial charge on any atom is -0.477 e. The van der Waals surface area contributed by atoms with Crippen molar-refractivity contribution in [2.75, 3.05) is 24.8 Å². The third-order valence-electron chi connectivity index (χ3n) is 5.28. The van der Waals surface area contributed by atoms with E-state index in [0.717, 1.165) is 15.8 Å². The van der Waals surface area contributed by atoms with Crippen LogP contribution < -0.4 is 10.1 Å². The zero-order valence-electron chi connectivity index (χ0n) is 20.2. The highest BCUT2D eigenvalue weighted by molar-refractivity contribution is 7.90. The lowest BCUT2D eigenvalue weighted by Gasteiger charge is -2.11. The number of aromatic nitrogens is 5. The summed E-state index contributed by atoms with van der Waals surface area (Å²) in [6.07, 6.45) is 3.94. The molecule has 0 atom stereocenters. The van der Waals surface area contributed by atoms with Crippen molar-refractivity contribution in [3.8, 4) is 5.88 Å². The average Bonchev–Trinajstić information content (AvgIpc) is 3.38. The van der Waals surface area contributed by atoms with Crippen LogP contribution in [0.15, 0.2) is 47.6 Å². The standard InChI is InChI=1S/C22H26N6O6S2/c1-5-33-21-18-10-11-28(36(31,32)17-8-6-15(2)7-9-17)20(18)25-22(26-21)24-19-14-23-27(16(19)3)12-13-34-35(4,29)30/h6-11,14H,5,12-13H2,1-4H3,(H,24,25,26). The van der Waals surface area contributed by atoms with Crippen LogP contribution in [0.25, 0.3) is 11.0 Å². The maximum Gasteiger partial charge on any atom is 0.269 e. The van der Waals surface area contributed by atoms with Crippen LogP contribution in [0, 0.1) is 13.8 Å².